The molecular formula is C44H85AsO8P+. The van der Waals surface area contributed by atoms with E-state index in [1.165, 1.54) is 96.3 Å². The summed E-state index contributed by atoms with van der Waals surface area (Å²) in [5, 5.41) is 0.745. The molecule has 1 unspecified atom stereocenters. The van der Waals surface area contributed by atoms with Crippen molar-refractivity contribution in [3.63, 3.8) is 0 Å². The Kier molecular flexibility index (Phi) is 37.0. The smallest absolute Gasteiger partial charge is 0.0885 e. The summed E-state index contributed by atoms with van der Waals surface area (Å²) in [5.41, 5.74) is 6.55. The van der Waals surface area contributed by atoms with Crippen molar-refractivity contribution in [2.45, 2.75) is 222 Å². The topological polar surface area (TPSA) is 108 Å². The number of hydrogen-bond acceptors (Lipinski definition) is 7. The average molecular weight is 848 g/mol. The molecule has 1 N–H and O–H groups in total. The van der Waals surface area contributed by atoms with Gasteiger partial charge in [-0.25, -0.2) is 0 Å². The Bertz CT molecular complexity index is 980. The van der Waals surface area contributed by atoms with Gasteiger partial charge < -0.3 is 0 Å². The number of esters is 2. The number of carbonyl (C=O) groups is 2. The third kappa shape index (κ3) is 40.7. The second-order valence-electron chi connectivity index (χ2n) is 16.1. The Morgan fingerprint density at radius 3 is 1.37 bits per heavy atom. The molecule has 0 saturated heterocycles. The molecule has 0 aromatic heterocycles. The van der Waals surface area contributed by atoms with Crippen molar-refractivity contribution in [2.75, 3.05) is 19.8 Å². The first-order valence-corrected chi connectivity index (χ1v) is 30.5. The molecule has 0 rings (SSSR count). The Morgan fingerprint density at radius 1 is 0.556 bits per heavy atom. The van der Waals surface area contributed by atoms with E-state index in [4.69, 9.17) is 18.5 Å². The molecule has 54 heavy (non-hydrogen) atoms. The van der Waals surface area contributed by atoms with Crippen LogP contribution in [-0.4, -0.2) is 56.3 Å². The van der Waals surface area contributed by atoms with Crippen molar-refractivity contribution in [2.24, 2.45) is 0 Å². The van der Waals surface area contributed by atoms with Gasteiger partial charge in [0.05, 0.1) is 0 Å². The summed E-state index contributed by atoms with van der Waals surface area (Å²) in [6.07, 6.45) is 39.4. The van der Waals surface area contributed by atoms with Crippen LogP contribution in [0.1, 0.15) is 194 Å². The molecule has 0 radical (unpaired) electrons. The fraction of sp³-hybridized carbons (Fsp3) is 0.864. The summed E-state index contributed by atoms with van der Waals surface area (Å²) in [4.78, 5) is 35.4. The third-order valence-corrected chi connectivity index (χ3v) is 13.6. The van der Waals surface area contributed by atoms with E-state index in [1.807, 2.05) is 0 Å². The fourth-order valence-corrected chi connectivity index (χ4v) is 8.35. The standard InChI is InChI=1S/C44H84AsO8P/c1-6-8-10-12-14-16-18-20-22-24-26-28-30-32-34-36-43(46)50-40-42(41-52-54(48,49)51-39-38-45(3,4)5)53-44(47)37-35-33-31-29-27-25-23-21-19-17-15-13-11-9-7-2/h20-23,42H,6-19,24-41H2,1-5H3/p+1/b22-20-,23-21-/t42-/m1/s1. The zero-order valence-electron chi connectivity index (χ0n) is 35.7. The summed E-state index contributed by atoms with van der Waals surface area (Å²) in [6, 6.07) is 0. The summed E-state index contributed by atoms with van der Waals surface area (Å²) < 4.78 is 33.8. The number of phosphoric ester groups is 1. The molecule has 2 atom stereocenters. The van der Waals surface area contributed by atoms with E-state index >= 15 is 0 Å². The number of rotatable bonds is 40. The molecular weight excluding hydrogens is 762 g/mol. The number of hydrogen-bond donors (Lipinski definition) is 1. The Hall–Kier alpha value is -0.912. The molecule has 0 bridgehead atoms. The van der Waals surface area contributed by atoms with Crippen LogP contribution in [0.4, 0.5) is 0 Å². The van der Waals surface area contributed by atoms with Gasteiger partial charge in [-0.2, -0.15) is 0 Å². The SMILES string of the molecule is CCCCCCCC/C=C\CCCCCCCC(=O)OC[C@H](COP(=O)(O)OCC[As+](C)(C)C)OC(=O)CCCCCCC/C=C\CCCCCCCC. The predicted molar refractivity (Wildman–Crippen MR) is 230 cm³/mol. The van der Waals surface area contributed by atoms with Crippen molar-refractivity contribution < 1.29 is 37.6 Å². The Balaban J connectivity index is 4.38. The third-order valence-electron chi connectivity index (χ3n) is 9.45. The van der Waals surface area contributed by atoms with Crippen LogP contribution < -0.4 is 0 Å². The predicted octanol–water partition coefficient (Wildman–Crippen LogP) is 14.0. The molecule has 8 nitrogen and oxygen atoms in total. The first-order valence-electron chi connectivity index (χ1n) is 22.1. The van der Waals surface area contributed by atoms with Crippen molar-refractivity contribution in [1.29, 1.82) is 0 Å². The van der Waals surface area contributed by atoms with Crippen molar-refractivity contribution in [1.82, 2.24) is 0 Å². The first-order chi connectivity index (χ1) is 26.0. The molecule has 0 aromatic carbocycles. The molecule has 0 aliphatic heterocycles. The van der Waals surface area contributed by atoms with Gasteiger partial charge in [-0.3, -0.25) is 0 Å². The number of allylic oxidation sites excluding steroid dienone is 4. The van der Waals surface area contributed by atoms with Crippen LogP contribution in [0, 0.1) is 0 Å². The van der Waals surface area contributed by atoms with E-state index in [9.17, 15) is 19.0 Å². The van der Waals surface area contributed by atoms with E-state index in [-0.39, 0.29) is 38.6 Å². The molecule has 0 amide bonds. The van der Waals surface area contributed by atoms with Gasteiger partial charge in [0.1, 0.15) is 0 Å². The Morgan fingerprint density at radius 2 is 0.944 bits per heavy atom. The summed E-state index contributed by atoms with van der Waals surface area (Å²) in [6.45, 7) is 4.03. The number of phosphoric acid groups is 1. The minimum atomic E-state index is -4.34. The van der Waals surface area contributed by atoms with Gasteiger partial charge in [-0.15, -0.1) is 0 Å². The zero-order valence-corrected chi connectivity index (χ0v) is 38.5. The Labute approximate surface area is 335 Å². The summed E-state index contributed by atoms with van der Waals surface area (Å²) in [7, 11) is -4.34. The number of carbonyl (C=O) groups excluding carboxylic acids is 2. The normalized spacial score (nSPS) is 13.8. The van der Waals surface area contributed by atoms with E-state index in [0.29, 0.717) is 6.42 Å². The van der Waals surface area contributed by atoms with Crippen LogP contribution in [0.25, 0.3) is 0 Å². The second kappa shape index (κ2) is 37.7. The summed E-state index contributed by atoms with van der Waals surface area (Å²) >= 11 is -1.80. The molecule has 0 aliphatic carbocycles. The van der Waals surface area contributed by atoms with E-state index in [1.54, 1.807) is 0 Å². The molecule has 0 saturated carbocycles. The van der Waals surface area contributed by atoms with Crippen LogP contribution in [0.2, 0.25) is 22.3 Å². The van der Waals surface area contributed by atoms with Crippen molar-refractivity contribution in [3.05, 3.63) is 24.3 Å². The average Bonchev–Trinajstić information content (AvgIpc) is 3.12. The molecule has 0 spiro atoms. The maximum atomic E-state index is 12.7. The molecule has 0 aliphatic rings. The van der Waals surface area contributed by atoms with Crippen LogP contribution in [-0.2, 0) is 32.7 Å². The minimum Gasteiger partial charge on any atom is -0.0885 e. The van der Waals surface area contributed by atoms with Gasteiger partial charge in [0, 0.05) is 0 Å². The van der Waals surface area contributed by atoms with Gasteiger partial charge in [0.25, 0.3) is 0 Å². The van der Waals surface area contributed by atoms with Crippen LogP contribution in [0.5, 0.6) is 0 Å². The maximum absolute atomic E-state index is 12.7. The van der Waals surface area contributed by atoms with Gasteiger partial charge in [0.15, 0.2) is 0 Å². The zero-order chi connectivity index (χ0) is 40.0. The van der Waals surface area contributed by atoms with Crippen LogP contribution >= 0.6 is 7.82 Å². The fourth-order valence-electron chi connectivity index (χ4n) is 5.94. The van der Waals surface area contributed by atoms with Crippen LogP contribution in [0.15, 0.2) is 24.3 Å². The van der Waals surface area contributed by atoms with Crippen molar-refractivity contribution in [3.8, 4) is 0 Å². The molecule has 318 valence electrons. The monoisotopic (exact) mass is 848 g/mol. The number of unbranched alkanes of at least 4 members (excludes halogenated alkanes) is 22. The minimum absolute atomic E-state index is 0.134. The summed E-state index contributed by atoms with van der Waals surface area (Å²) in [5.74, 6) is -0.797. The molecule has 0 heterocycles. The van der Waals surface area contributed by atoms with Gasteiger partial charge in [-0.05, 0) is 51.4 Å². The van der Waals surface area contributed by atoms with E-state index in [0.717, 1.165) is 69.4 Å². The molecule has 0 aromatic rings. The van der Waals surface area contributed by atoms with Gasteiger partial charge in [0.2, 0.25) is 0 Å². The molecule has 0 fully saturated rings. The quantitative estimate of drug-likeness (QED) is 0.0213. The second-order valence-corrected chi connectivity index (χ2v) is 28.1. The van der Waals surface area contributed by atoms with Crippen molar-refractivity contribution >= 4 is 33.3 Å². The number of ether oxygens (including phenoxy) is 2. The van der Waals surface area contributed by atoms with E-state index < -0.39 is 33.4 Å². The van der Waals surface area contributed by atoms with Gasteiger partial charge >= 0.3 is 151 Å². The van der Waals surface area contributed by atoms with Crippen LogP contribution in [0.3, 0.4) is 0 Å². The molecule has 10 heteroatoms. The van der Waals surface area contributed by atoms with E-state index in [2.05, 4.69) is 55.3 Å². The first kappa shape index (κ1) is 53.1. The van der Waals surface area contributed by atoms with Gasteiger partial charge in [-0.1, -0.05) is 134 Å².